The van der Waals surface area contributed by atoms with Crippen molar-refractivity contribution in [2.24, 2.45) is 5.92 Å². The van der Waals surface area contributed by atoms with Crippen LogP contribution in [0.1, 0.15) is 25.7 Å². The minimum atomic E-state index is 0.210. The van der Waals surface area contributed by atoms with Crippen LogP contribution in [0.25, 0.3) is 0 Å². The van der Waals surface area contributed by atoms with Gasteiger partial charge in [0.2, 0.25) is 5.91 Å². The van der Waals surface area contributed by atoms with Gasteiger partial charge in [-0.3, -0.25) is 10.1 Å². The van der Waals surface area contributed by atoms with Gasteiger partial charge in [-0.2, -0.15) is 0 Å². The normalized spacial score (nSPS) is 25.3. The number of carbonyl (C=O) groups is 1. The highest BCUT2D eigenvalue weighted by Crippen LogP contribution is 2.30. The Morgan fingerprint density at radius 1 is 1.28 bits per heavy atom. The molecule has 0 bridgehead atoms. The summed E-state index contributed by atoms with van der Waals surface area (Å²) in [6, 6.07) is 0. The fourth-order valence-corrected chi connectivity index (χ4v) is 2.92. The predicted octanol–water partition coefficient (Wildman–Crippen LogP) is 0.598. The topological polar surface area (TPSA) is 50.8 Å². The molecular formula is C13H24N2O3. The van der Waals surface area contributed by atoms with Crippen LogP contribution in [0, 0.1) is 5.92 Å². The molecule has 5 heteroatoms. The van der Waals surface area contributed by atoms with E-state index in [1.807, 2.05) is 4.90 Å². The van der Waals surface area contributed by atoms with Crippen LogP contribution >= 0.6 is 0 Å². The molecule has 2 rings (SSSR count). The zero-order valence-electron chi connectivity index (χ0n) is 11.2. The highest BCUT2D eigenvalue weighted by molar-refractivity contribution is 5.80. The summed E-state index contributed by atoms with van der Waals surface area (Å²) in [5, 5.41) is 3.35. The van der Waals surface area contributed by atoms with Crippen LogP contribution < -0.4 is 5.32 Å². The Labute approximate surface area is 109 Å². The van der Waals surface area contributed by atoms with Gasteiger partial charge in [0, 0.05) is 13.7 Å². The number of hydrogen-bond donors (Lipinski definition) is 1. The van der Waals surface area contributed by atoms with E-state index >= 15 is 0 Å². The maximum atomic E-state index is 11.8. The van der Waals surface area contributed by atoms with Crippen molar-refractivity contribution < 1.29 is 14.3 Å². The van der Waals surface area contributed by atoms with Crippen molar-refractivity contribution >= 4 is 5.91 Å². The maximum Gasteiger partial charge on any atom is 0.237 e. The smallest absolute Gasteiger partial charge is 0.237 e. The second kappa shape index (κ2) is 7.07. The molecule has 0 aromatic heterocycles. The van der Waals surface area contributed by atoms with Gasteiger partial charge in [0.05, 0.1) is 32.5 Å². The highest BCUT2D eigenvalue weighted by Gasteiger charge is 2.36. The summed E-state index contributed by atoms with van der Waals surface area (Å²) >= 11 is 0. The van der Waals surface area contributed by atoms with Crippen LogP contribution in [0.3, 0.4) is 0 Å². The molecule has 1 aliphatic heterocycles. The molecular weight excluding hydrogens is 232 g/mol. The molecule has 2 aliphatic rings. The molecule has 0 aromatic carbocycles. The summed E-state index contributed by atoms with van der Waals surface area (Å²) in [4.78, 5) is 13.8. The van der Waals surface area contributed by atoms with Crippen LogP contribution in [-0.4, -0.2) is 57.0 Å². The third kappa shape index (κ3) is 3.43. The Kier molecular flexibility index (Phi) is 5.41. The fraction of sp³-hybridized carbons (Fsp3) is 0.923. The maximum absolute atomic E-state index is 11.8. The van der Waals surface area contributed by atoms with E-state index in [1.165, 1.54) is 25.7 Å². The lowest BCUT2D eigenvalue weighted by Crippen LogP contribution is -2.44. The van der Waals surface area contributed by atoms with Gasteiger partial charge in [-0.1, -0.05) is 12.8 Å². The van der Waals surface area contributed by atoms with Crippen molar-refractivity contribution in [2.45, 2.75) is 31.8 Å². The first-order valence-electron chi connectivity index (χ1n) is 6.92. The van der Waals surface area contributed by atoms with E-state index < -0.39 is 0 Å². The quantitative estimate of drug-likeness (QED) is 0.678. The molecule has 1 N–H and O–H groups in total. The van der Waals surface area contributed by atoms with Gasteiger partial charge in [0.25, 0.3) is 0 Å². The molecule has 1 aliphatic carbocycles. The number of rotatable bonds is 7. The van der Waals surface area contributed by atoms with Gasteiger partial charge < -0.3 is 14.4 Å². The Bertz CT molecular complexity index is 267. The molecule has 0 aromatic rings. The second-order valence-electron chi connectivity index (χ2n) is 5.06. The lowest BCUT2D eigenvalue weighted by molar-refractivity contribution is -0.129. The largest absolute Gasteiger partial charge is 0.382 e. The van der Waals surface area contributed by atoms with Crippen molar-refractivity contribution in [3.8, 4) is 0 Å². The van der Waals surface area contributed by atoms with Gasteiger partial charge in [-0.25, -0.2) is 0 Å². The van der Waals surface area contributed by atoms with E-state index in [1.54, 1.807) is 7.11 Å². The predicted molar refractivity (Wildman–Crippen MR) is 68.2 cm³/mol. The van der Waals surface area contributed by atoms with Gasteiger partial charge >= 0.3 is 0 Å². The number of amides is 1. The first-order chi connectivity index (χ1) is 8.83. The zero-order valence-corrected chi connectivity index (χ0v) is 11.2. The van der Waals surface area contributed by atoms with E-state index in [0.717, 1.165) is 0 Å². The molecule has 0 spiro atoms. The third-order valence-corrected chi connectivity index (χ3v) is 3.87. The van der Waals surface area contributed by atoms with E-state index in [0.29, 0.717) is 38.8 Å². The first-order valence-corrected chi connectivity index (χ1v) is 6.92. The number of nitrogens with zero attached hydrogens (tertiary/aromatic N) is 1. The van der Waals surface area contributed by atoms with Gasteiger partial charge in [0.15, 0.2) is 0 Å². The minimum absolute atomic E-state index is 0.210. The SMILES string of the molecule is COCCOCCN1C(=O)CNC1C1CCCC1. The van der Waals surface area contributed by atoms with Crippen LogP contribution in [0.5, 0.6) is 0 Å². The average Bonchev–Trinajstić information content (AvgIpc) is 2.99. The molecule has 18 heavy (non-hydrogen) atoms. The van der Waals surface area contributed by atoms with Gasteiger partial charge in [-0.05, 0) is 18.8 Å². The Morgan fingerprint density at radius 2 is 2.06 bits per heavy atom. The molecule has 2 fully saturated rings. The minimum Gasteiger partial charge on any atom is -0.382 e. The molecule has 1 heterocycles. The summed E-state index contributed by atoms with van der Waals surface area (Å²) < 4.78 is 10.4. The number of nitrogens with one attached hydrogen (secondary N) is 1. The lowest BCUT2D eigenvalue weighted by atomic mass is 10.0. The lowest BCUT2D eigenvalue weighted by Gasteiger charge is -2.29. The molecule has 1 amide bonds. The molecule has 1 atom stereocenters. The average molecular weight is 256 g/mol. The molecule has 1 unspecified atom stereocenters. The van der Waals surface area contributed by atoms with Crippen molar-refractivity contribution in [1.82, 2.24) is 10.2 Å². The highest BCUT2D eigenvalue weighted by atomic mass is 16.5. The third-order valence-electron chi connectivity index (χ3n) is 3.87. The molecule has 0 radical (unpaired) electrons. The van der Waals surface area contributed by atoms with Crippen LogP contribution in [-0.2, 0) is 14.3 Å². The molecule has 104 valence electrons. The fourth-order valence-electron chi connectivity index (χ4n) is 2.92. The number of methoxy groups -OCH3 is 1. The zero-order chi connectivity index (χ0) is 12.8. The Morgan fingerprint density at radius 3 is 2.78 bits per heavy atom. The summed E-state index contributed by atoms with van der Waals surface area (Å²) in [6.07, 6.45) is 5.33. The van der Waals surface area contributed by atoms with Gasteiger partial charge in [-0.15, -0.1) is 0 Å². The first kappa shape index (κ1) is 13.8. The number of ether oxygens (including phenoxy) is 2. The van der Waals surface area contributed by atoms with Crippen LogP contribution in [0.2, 0.25) is 0 Å². The van der Waals surface area contributed by atoms with E-state index in [9.17, 15) is 4.79 Å². The summed E-state index contributed by atoms with van der Waals surface area (Å²) in [7, 11) is 1.66. The Hall–Kier alpha value is -0.650. The Balaban J connectivity index is 1.74. The summed E-state index contributed by atoms with van der Waals surface area (Å²) in [5.74, 6) is 0.845. The number of carbonyl (C=O) groups excluding carboxylic acids is 1. The van der Waals surface area contributed by atoms with Crippen molar-refractivity contribution in [1.29, 1.82) is 0 Å². The van der Waals surface area contributed by atoms with E-state index in [2.05, 4.69) is 5.32 Å². The van der Waals surface area contributed by atoms with Crippen LogP contribution in [0.15, 0.2) is 0 Å². The monoisotopic (exact) mass is 256 g/mol. The van der Waals surface area contributed by atoms with Crippen molar-refractivity contribution in [3.63, 3.8) is 0 Å². The van der Waals surface area contributed by atoms with Crippen molar-refractivity contribution in [3.05, 3.63) is 0 Å². The summed E-state index contributed by atoms with van der Waals surface area (Å²) in [6.45, 7) is 2.98. The number of hydrogen-bond acceptors (Lipinski definition) is 4. The second-order valence-corrected chi connectivity index (χ2v) is 5.06. The van der Waals surface area contributed by atoms with Gasteiger partial charge in [0.1, 0.15) is 0 Å². The molecule has 5 nitrogen and oxygen atoms in total. The van der Waals surface area contributed by atoms with E-state index in [-0.39, 0.29) is 12.1 Å². The summed E-state index contributed by atoms with van der Waals surface area (Å²) in [5.41, 5.74) is 0. The molecule has 1 saturated heterocycles. The van der Waals surface area contributed by atoms with E-state index in [4.69, 9.17) is 9.47 Å². The molecule has 1 saturated carbocycles. The van der Waals surface area contributed by atoms with Crippen LogP contribution in [0.4, 0.5) is 0 Å². The van der Waals surface area contributed by atoms with Crippen molar-refractivity contribution in [2.75, 3.05) is 40.0 Å². The standard InChI is InChI=1S/C13H24N2O3/c1-17-8-9-18-7-6-15-12(16)10-14-13(15)11-4-2-3-5-11/h11,13-14H,2-10H2,1H3.